The van der Waals surface area contributed by atoms with Crippen LogP contribution >= 0.6 is 27.3 Å². The number of ketones is 1. The quantitative estimate of drug-likeness (QED) is 0.816. The molecular weight excluding hydrogens is 252 g/mol. The van der Waals surface area contributed by atoms with Crippen molar-refractivity contribution in [1.82, 2.24) is 0 Å². The fraction of sp³-hybridized carbons (Fsp3) is 0.444. The van der Waals surface area contributed by atoms with Crippen molar-refractivity contribution in [2.75, 3.05) is 13.2 Å². The highest BCUT2D eigenvalue weighted by Gasteiger charge is 2.07. The summed E-state index contributed by atoms with van der Waals surface area (Å²) < 4.78 is 6.04. The Morgan fingerprint density at radius 1 is 1.69 bits per heavy atom. The zero-order chi connectivity index (χ0) is 9.68. The standard InChI is InChI=1S/C9H11BrO2S/c1-2-12-6-7(11)5-9-8(10)3-4-13-9/h3-4H,2,5-6H2,1H3. The van der Waals surface area contributed by atoms with Gasteiger partial charge in [0.05, 0.1) is 0 Å². The molecule has 4 heteroatoms. The molecule has 0 aliphatic rings. The first-order valence-corrected chi connectivity index (χ1v) is 5.72. The van der Waals surface area contributed by atoms with Crippen molar-refractivity contribution >= 4 is 33.0 Å². The first kappa shape index (κ1) is 10.9. The first-order valence-electron chi connectivity index (χ1n) is 4.05. The molecule has 0 saturated heterocycles. The first-order chi connectivity index (χ1) is 6.24. The molecule has 0 aliphatic carbocycles. The van der Waals surface area contributed by atoms with E-state index in [2.05, 4.69) is 15.9 Å². The number of halogens is 1. The second kappa shape index (κ2) is 5.52. The van der Waals surface area contributed by atoms with Gasteiger partial charge in [0.1, 0.15) is 6.61 Å². The minimum atomic E-state index is 0.130. The smallest absolute Gasteiger partial charge is 0.163 e. The summed E-state index contributed by atoms with van der Waals surface area (Å²) in [6.45, 7) is 2.70. The van der Waals surface area contributed by atoms with E-state index in [1.165, 1.54) is 0 Å². The Kier molecular flexibility index (Phi) is 4.62. The molecule has 0 unspecified atom stereocenters. The molecule has 0 atom stereocenters. The van der Waals surface area contributed by atoms with Crippen LogP contribution in [0.1, 0.15) is 11.8 Å². The molecule has 0 saturated carbocycles. The SMILES string of the molecule is CCOCC(=O)Cc1sccc1Br. The molecule has 0 bridgehead atoms. The van der Waals surface area contributed by atoms with E-state index in [0.29, 0.717) is 13.0 Å². The maximum absolute atomic E-state index is 11.3. The second-order valence-electron chi connectivity index (χ2n) is 2.54. The van der Waals surface area contributed by atoms with Gasteiger partial charge in [-0.25, -0.2) is 0 Å². The van der Waals surface area contributed by atoms with E-state index in [1.807, 2.05) is 18.4 Å². The number of Topliss-reactive ketones (excluding diaryl/α,β-unsaturated/α-hetero) is 1. The van der Waals surface area contributed by atoms with Crippen LogP contribution in [-0.2, 0) is 16.0 Å². The summed E-state index contributed by atoms with van der Waals surface area (Å²) in [5.41, 5.74) is 0. The Morgan fingerprint density at radius 3 is 3.00 bits per heavy atom. The van der Waals surface area contributed by atoms with Gasteiger partial charge in [-0.15, -0.1) is 11.3 Å². The fourth-order valence-electron chi connectivity index (χ4n) is 0.897. The third-order valence-corrected chi connectivity index (χ3v) is 3.44. The Balaban J connectivity index is 2.41. The van der Waals surface area contributed by atoms with Crippen LogP contribution in [0.2, 0.25) is 0 Å². The van der Waals surface area contributed by atoms with Crippen LogP contribution in [0.5, 0.6) is 0 Å². The Bertz CT molecular complexity index is 283. The van der Waals surface area contributed by atoms with Gasteiger partial charge in [-0.2, -0.15) is 0 Å². The topological polar surface area (TPSA) is 26.3 Å². The molecule has 1 aromatic rings. The van der Waals surface area contributed by atoms with Crippen LogP contribution in [0.15, 0.2) is 15.9 Å². The minimum Gasteiger partial charge on any atom is -0.374 e. The Morgan fingerprint density at radius 2 is 2.46 bits per heavy atom. The lowest BCUT2D eigenvalue weighted by Crippen LogP contribution is -2.10. The van der Waals surface area contributed by atoms with Crippen molar-refractivity contribution in [3.8, 4) is 0 Å². The van der Waals surface area contributed by atoms with Gasteiger partial charge in [0.15, 0.2) is 5.78 Å². The number of thiophene rings is 1. The van der Waals surface area contributed by atoms with Crippen molar-refractivity contribution in [3.05, 3.63) is 20.8 Å². The summed E-state index contributed by atoms with van der Waals surface area (Å²) in [4.78, 5) is 12.4. The van der Waals surface area contributed by atoms with Gasteiger partial charge in [0.2, 0.25) is 0 Å². The monoisotopic (exact) mass is 262 g/mol. The molecule has 13 heavy (non-hydrogen) atoms. The number of hydrogen-bond acceptors (Lipinski definition) is 3. The number of hydrogen-bond donors (Lipinski definition) is 0. The molecule has 1 heterocycles. The molecule has 1 rings (SSSR count). The third kappa shape index (κ3) is 3.58. The summed E-state index contributed by atoms with van der Waals surface area (Å²) in [6, 6.07) is 1.95. The van der Waals surface area contributed by atoms with Crippen LogP contribution in [0.4, 0.5) is 0 Å². The van der Waals surface area contributed by atoms with E-state index < -0.39 is 0 Å². The summed E-state index contributed by atoms with van der Waals surface area (Å²) in [6.07, 6.45) is 0.470. The van der Waals surface area contributed by atoms with Gasteiger partial charge in [0.25, 0.3) is 0 Å². The molecule has 2 nitrogen and oxygen atoms in total. The highest BCUT2D eigenvalue weighted by Crippen LogP contribution is 2.23. The maximum Gasteiger partial charge on any atom is 0.163 e. The molecule has 1 aromatic heterocycles. The summed E-state index contributed by atoms with van der Waals surface area (Å²) >= 11 is 4.97. The van der Waals surface area contributed by atoms with Gasteiger partial charge in [-0.05, 0) is 34.3 Å². The van der Waals surface area contributed by atoms with Gasteiger partial charge in [-0.1, -0.05) is 0 Å². The lowest BCUT2D eigenvalue weighted by molar-refractivity contribution is -0.122. The lowest BCUT2D eigenvalue weighted by atomic mass is 10.2. The summed E-state index contributed by atoms with van der Waals surface area (Å²) in [5.74, 6) is 0.130. The highest BCUT2D eigenvalue weighted by atomic mass is 79.9. The zero-order valence-corrected chi connectivity index (χ0v) is 9.78. The van der Waals surface area contributed by atoms with E-state index in [-0.39, 0.29) is 12.4 Å². The number of rotatable bonds is 5. The molecular formula is C9H11BrO2S. The summed E-state index contributed by atoms with van der Waals surface area (Å²) in [7, 11) is 0. The fourth-order valence-corrected chi connectivity index (χ4v) is 2.42. The normalized spacial score (nSPS) is 10.3. The minimum absolute atomic E-state index is 0.130. The number of ether oxygens (including phenoxy) is 1. The molecule has 72 valence electrons. The van der Waals surface area contributed by atoms with Gasteiger partial charge in [0, 0.05) is 22.4 Å². The van der Waals surface area contributed by atoms with Gasteiger partial charge >= 0.3 is 0 Å². The highest BCUT2D eigenvalue weighted by molar-refractivity contribution is 9.10. The molecule has 0 radical (unpaired) electrons. The van der Waals surface area contributed by atoms with Crippen LogP contribution in [-0.4, -0.2) is 19.0 Å². The van der Waals surface area contributed by atoms with E-state index in [0.717, 1.165) is 9.35 Å². The number of carbonyl (C=O) groups excluding carboxylic acids is 1. The maximum atomic E-state index is 11.3. The van der Waals surface area contributed by atoms with Crippen molar-refractivity contribution in [3.63, 3.8) is 0 Å². The van der Waals surface area contributed by atoms with Crippen molar-refractivity contribution in [1.29, 1.82) is 0 Å². The lowest BCUT2D eigenvalue weighted by Gasteiger charge is -1.99. The Hall–Kier alpha value is -0.190. The van der Waals surface area contributed by atoms with Crippen molar-refractivity contribution in [2.45, 2.75) is 13.3 Å². The van der Waals surface area contributed by atoms with E-state index in [9.17, 15) is 4.79 Å². The predicted octanol–water partition coefficient (Wildman–Crippen LogP) is 2.66. The van der Waals surface area contributed by atoms with E-state index in [4.69, 9.17) is 4.74 Å². The largest absolute Gasteiger partial charge is 0.374 e. The molecule has 0 aliphatic heterocycles. The van der Waals surface area contributed by atoms with Crippen LogP contribution in [0.3, 0.4) is 0 Å². The molecule has 0 amide bonds. The van der Waals surface area contributed by atoms with Crippen LogP contribution in [0, 0.1) is 0 Å². The van der Waals surface area contributed by atoms with Crippen LogP contribution < -0.4 is 0 Å². The van der Waals surface area contributed by atoms with Gasteiger partial charge < -0.3 is 4.74 Å². The number of carbonyl (C=O) groups is 1. The van der Waals surface area contributed by atoms with Gasteiger partial charge in [-0.3, -0.25) is 4.79 Å². The zero-order valence-electron chi connectivity index (χ0n) is 7.38. The van der Waals surface area contributed by atoms with E-state index in [1.54, 1.807) is 11.3 Å². The Labute approximate surface area is 90.0 Å². The van der Waals surface area contributed by atoms with Crippen molar-refractivity contribution < 1.29 is 9.53 Å². The summed E-state index contributed by atoms with van der Waals surface area (Å²) in [5, 5.41) is 1.97. The average molecular weight is 263 g/mol. The second-order valence-corrected chi connectivity index (χ2v) is 4.40. The molecule has 0 aromatic carbocycles. The predicted molar refractivity (Wildman–Crippen MR) is 57.2 cm³/mol. The van der Waals surface area contributed by atoms with Crippen LogP contribution in [0.25, 0.3) is 0 Å². The third-order valence-electron chi connectivity index (χ3n) is 1.52. The average Bonchev–Trinajstić information content (AvgIpc) is 2.48. The molecule has 0 N–H and O–H groups in total. The van der Waals surface area contributed by atoms with Crippen molar-refractivity contribution in [2.24, 2.45) is 0 Å². The molecule has 0 fully saturated rings. The van der Waals surface area contributed by atoms with E-state index >= 15 is 0 Å². The molecule has 0 spiro atoms.